The monoisotopic (exact) mass is 299 g/mol. The first kappa shape index (κ1) is 15.4. The zero-order valence-corrected chi connectivity index (χ0v) is 12.3. The molecule has 1 aromatic rings. The van der Waals surface area contributed by atoms with Gasteiger partial charge in [0.15, 0.2) is 0 Å². The van der Waals surface area contributed by atoms with Gasteiger partial charge in [-0.2, -0.15) is 12.7 Å². The molecule has 0 bridgehead atoms. The predicted octanol–water partition coefficient (Wildman–Crippen LogP) is 0.242. The zero-order valence-electron chi connectivity index (χ0n) is 11.5. The molecule has 0 spiro atoms. The average Bonchev–Trinajstić information content (AvgIpc) is 2.46. The van der Waals surface area contributed by atoms with E-state index in [4.69, 9.17) is 10.5 Å². The first-order valence-electron chi connectivity index (χ1n) is 6.66. The van der Waals surface area contributed by atoms with E-state index in [0.717, 1.165) is 5.56 Å². The Morgan fingerprint density at radius 1 is 1.45 bits per heavy atom. The van der Waals surface area contributed by atoms with Gasteiger partial charge in [-0.05, 0) is 12.5 Å². The molecule has 2 rings (SSSR count). The molecule has 1 aliphatic heterocycles. The van der Waals surface area contributed by atoms with Crippen molar-refractivity contribution in [1.82, 2.24) is 9.03 Å². The lowest BCUT2D eigenvalue weighted by molar-refractivity contribution is 0.00977. The normalized spacial score (nSPS) is 22.6. The highest BCUT2D eigenvalue weighted by Crippen LogP contribution is 2.11. The topological polar surface area (TPSA) is 84.7 Å². The van der Waals surface area contributed by atoms with Crippen LogP contribution in [0.1, 0.15) is 18.5 Å². The van der Waals surface area contributed by atoms with E-state index in [9.17, 15) is 8.42 Å². The summed E-state index contributed by atoms with van der Waals surface area (Å²) < 4.78 is 33.6. The first-order chi connectivity index (χ1) is 9.49. The lowest BCUT2D eigenvalue weighted by atomic mass is 10.1. The highest BCUT2D eigenvalue weighted by atomic mass is 32.2. The number of nitrogens with zero attached hydrogens (tertiary/aromatic N) is 1. The van der Waals surface area contributed by atoms with Gasteiger partial charge in [-0.3, -0.25) is 0 Å². The third-order valence-electron chi connectivity index (χ3n) is 3.26. The highest BCUT2D eigenvalue weighted by Gasteiger charge is 2.27. The van der Waals surface area contributed by atoms with Gasteiger partial charge in [-0.25, -0.2) is 4.72 Å². The predicted molar refractivity (Wildman–Crippen MR) is 77.3 cm³/mol. The second-order valence-corrected chi connectivity index (χ2v) is 6.67. The summed E-state index contributed by atoms with van der Waals surface area (Å²) in [6.45, 7) is 3.21. The molecule has 1 fully saturated rings. The SMILES string of the molecule is C[C@H]1CN(S(=O)(=O)NC[C@H](N)c2ccccc2)CCO1. The van der Waals surface area contributed by atoms with Crippen molar-refractivity contribution < 1.29 is 13.2 Å². The van der Waals surface area contributed by atoms with Gasteiger partial charge < -0.3 is 10.5 Å². The van der Waals surface area contributed by atoms with E-state index < -0.39 is 10.2 Å². The maximum Gasteiger partial charge on any atom is 0.279 e. The van der Waals surface area contributed by atoms with E-state index in [1.807, 2.05) is 37.3 Å². The standard InChI is InChI=1S/C13H21N3O3S/c1-11-10-16(7-8-19-11)20(17,18)15-9-13(14)12-5-3-2-4-6-12/h2-6,11,13,15H,7-10,14H2,1H3/t11-,13-/m0/s1. The van der Waals surface area contributed by atoms with E-state index in [1.54, 1.807) is 0 Å². The molecule has 1 saturated heterocycles. The summed E-state index contributed by atoms with van der Waals surface area (Å²) in [7, 11) is -3.50. The average molecular weight is 299 g/mol. The van der Waals surface area contributed by atoms with Gasteiger partial charge >= 0.3 is 0 Å². The molecule has 0 unspecified atom stereocenters. The lowest BCUT2D eigenvalue weighted by Crippen LogP contribution is -2.50. The molecule has 0 aromatic heterocycles. The van der Waals surface area contributed by atoms with Gasteiger partial charge in [0.1, 0.15) is 0 Å². The molecule has 1 aromatic carbocycles. The van der Waals surface area contributed by atoms with Crippen LogP contribution in [0.2, 0.25) is 0 Å². The van der Waals surface area contributed by atoms with Gasteiger partial charge in [0, 0.05) is 25.7 Å². The summed E-state index contributed by atoms with van der Waals surface area (Å²) in [6, 6.07) is 9.08. The molecule has 6 nitrogen and oxygen atoms in total. The quantitative estimate of drug-likeness (QED) is 0.816. The Morgan fingerprint density at radius 3 is 2.80 bits per heavy atom. The van der Waals surface area contributed by atoms with Crippen LogP contribution in [0.3, 0.4) is 0 Å². The van der Waals surface area contributed by atoms with Gasteiger partial charge in [0.05, 0.1) is 12.7 Å². The summed E-state index contributed by atoms with van der Waals surface area (Å²) in [5.74, 6) is 0. The smallest absolute Gasteiger partial charge is 0.279 e. The van der Waals surface area contributed by atoms with Crippen LogP contribution in [0.15, 0.2) is 30.3 Å². The van der Waals surface area contributed by atoms with Gasteiger partial charge in [-0.1, -0.05) is 30.3 Å². The van der Waals surface area contributed by atoms with Crippen molar-refractivity contribution in [3.8, 4) is 0 Å². The number of ether oxygens (including phenoxy) is 1. The fraction of sp³-hybridized carbons (Fsp3) is 0.538. The van der Waals surface area contributed by atoms with Crippen LogP contribution in [0.25, 0.3) is 0 Å². The molecule has 0 aliphatic carbocycles. The molecule has 3 N–H and O–H groups in total. The molecule has 112 valence electrons. The zero-order chi connectivity index (χ0) is 14.6. The van der Waals surface area contributed by atoms with E-state index in [2.05, 4.69) is 4.72 Å². The fourth-order valence-electron chi connectivity index (χ4n) is 2.11. The molecule has 0 radical (unpaired) electrons. The number of morpholine rings is 1. The Balaban J connectivity index is 1.92. The largest absolute Gasteiger partial charge is 0.376 e. The Hall–Kier alpha value is -0.990. The van der Waals surface area contributed by atoms with Crippen molar-refractivity contribution in [2.45, 2.75) is 19.1 Å². The number of rotatable bonds is 5. The second kappa shape index (κ2) is 6.64. The fourth-order valence-corrected chi connectivity index (χ4v) is 3.40. The van der Waals surface area contributed by atoms with E-state index in [0.29, 0.717) is 19.7 Å². The Labute approximate surface area is 120 Å². The minimum atomic E-state index is -3.50. The van der Waals surface area contributed by atoms with Crippen molar-refractivity contribution in [2.24, 2.45) is 5.73 Å². The minimum Gasteiger partial charge on any atom is -0.376 e. The summed E-state index contributed by atoms with van der Waals surface area (Å²) in [5.41, 5.74) is 6.90. The Bertz CT molecular complexity index is 521. The number of hydrogen-bond acceptors (Lipinski definition) is 4. The number of nitrogens with two attached hydrogens (primary N) is 1. The van der Waals surface area contributed by atoms with Crippen LogP contribution in [0.5, 0.6) is 0 Å². The lowest BCUT2D eigenvalue weighted by Gasteiger charge is -2.30. The van der Waals surface area contributed by atoms with Crippen LogP contribution in [-0.2, 0) is 14.9 Å². The van der Waals surface area contributed by atoms with Gasteiger partial charge in [0.25, 0.3) is 10.2 Å². The van der Waals surface area contributed by atoms with Gasteiger partial charge in [-0.15, -0.1) is 0 Å². The van der Waals surface area contributed by atoms with E-state index in [1.165, 1.54) is 4.31 Å². The molecule has 1 aliphatic rings. The molecule has 0 amide bonds. The summed E-state index contributed by atoms with van der Waals surface area (Å²) >= 11 is 0. The third kappa shape index (κ3) is 4.00. The minimum absolute atomic E-state index is 0.0804. The summed E-state index contributed by atoms with van der Waals surface area (Å²) in [4.78, 5) is 0. The summed E-state index contributed by atoms with van der Waals surface area (Å²) in [5, 5.41) is 0. The maximum atomic E-state index is 12.2. The molecule has 20 heavy (non-hydrogen) atoms. The maximum absolute atomic E-state index is 12.2. The molecular weight excluding hydrogens is 278 g/mol. The third-order valence-corrected chi connectivity index (χ3v) is 4.80. The molecule has 1 heterocycles. The summed E-state index contributed by atoms with van der Waals surface area (Å²) in [6.07, 6.45) is -0.0804. The van der Waals surface area contributed by atoms with Crippen molar-refractivity contribution in [3.05, 3.63) is 35.9 Å². The van der Waals surface area contributed by atoms with E-state index in [-0.39, 0.29) is 18.7 Å². The van der Waals surface area contributed by atoms with Gasteiger partial charge in [0.2, 0.25) is 0 Å². The Morgan fingerprint density at radius 2 is 2.15 bits per heavy atom. The van der Waals surface area contributed by atoms with Crippen LogP contribution >= 0.6 is 0 Å². The second-order valence-electron chi connectivity index (χ2n) is 4.91. The molecule has 2 atom stereocenters. The first-order valence-corrected chi connectivity index (χ1v) is 8.10. The van der Waals surface area contributed by atoms with Crippen LogP contribution in [0, 0.1) is 0 Å². The number of benzene rings is 1. The van der Waals surface area contributed by atoms with Crippen LogP contribution in [0.4, 0.5) is 0 Å². The number of hydrogen-bond donors (Lipinski definition) is 2. The van der Waals surface area contributed by atoms with Crippen molar-refractivity contribution in [3.63, 3.8) is 0 Å². The number of nitrogens with one attached hydrogen (secondary N) is 1. The highest BCUT2D eigenvalue weighted by molar-refractivity contribution is 7.87. The van der Waals surface area contributed by atoms with E-state index >= 15 is 0 Å². The molecular formula is C13H21N3O3S. The van der Waals surface area contributed by atoms with Crippen LogP contribution in [-0.4, -0.2) is 45.1 Å². The van der Waals surface area contributed by atoms with Crippen LogP contribution < -0.4 is 10.5 Å². The van der Waals surface area contributed by atoms with Crippen molar-refractivity contribution >= 4 is 10.2 Å². The molecule has 7 heteroatoms. The van der Waals surface area contributed by atoms with Crippen molar-refractivity contribution in [1.29, 1.82) is 0 Å². The molecule has 0 saturated carbocycles. The van der Waals surface area contributed by atoms with Crippen molar-refractivity contribution in [2.75, 3.05) is 26.2 Å². The Kier molecular flexibility index (Phi) is 5.11.